The summed E-state index contributed by atoms with van der Waals surface area (Å²) in [5, 5.41) is 0. The summed E-state index contributed by atoms with van der Waals surface area (Å²) in [6.45, 7) is 6.49. The van der Waals surface area contributed by atoms with Crippen molar-refractivity contribution >= 4 is 17.9 Å². The standard InChI is InChI=1S/C68H116O6/c1-4-7-10-13-16-19-22-25-28-30-31-32-33-34-35-36-37-39-40-43-46-49-52-55-58-61-67(70)73-64-65(63-72-66(69)60-57-54-51-48-45-42-27-24-21-18-15-12-9-6-3)74-68(71)62-59-56-53-50-47-44-41-38-29-26-23-20-17-14-11-8-5-2/h7,10,15-16,18-19,24-25,27-28,31-32,34-35,37,39,65H,4-6,8-9,11-14,17,20-23,26,29-30,33,36,38,40-64H2,1-3H3/b10-7-,18-15-,19-16-,27-24-,28-25-,32-31-,35-34-,39-37-. The zero-order chi connectivity index (χ0) is 53.6. The molecular formula is C68H116O6. The monoisotopic (exact) mass is 1030 g/mol. The van der Waals surface area contributed by atoms with E-state index >= 15 is 0 Å². The minimum absolute atomic E-state index is 0.0877. The minimum atomic E-state index is -0.790. The first-order valence-corrected chi connectivity index (χ1v) is 31.2. The number of hydrogen-bond donors (Lipinski definition) is 0. The summed E-state index contributed by atoms with van der Waals surface area (Å²) in [5.74, 6) is -0.905. The molecular weight excluding hydrogens is 913 g/mol. The molecule has 0 heterocycles. The lowest BCUT2D eigenvalue weighted by Gasteiger charge is -2.18. The van der Waals surface area contributed by atoms with Gasteiger partial charge in [0.25, 0.3) is 0 Å². The van der Waals surface area contributed by atoms with Crippen molar-refractivity contribution < 1.29 is 28.6 Å². The van der Waals surface area contributed by atoms with Gasteiger partial charge in [-0.3, -0.25) is 14.4 Å². The molecule has 1 atom stereocenters. The number of carbonyl (C=O) groups excluding carboxylic acids is 3. The van der Waals surface area contributed by atoms with Crippen LogP contribution in [-0.4, -0.2) is 37.2 Å². The number of esters is 3. The number of ether oxygens (including phenoxy) is 3. The van der Waals surface area contributed by atoms with Gasteiger partial charge in [-0.2, -0.15) is 0 Å². The van der Waals surface area contributed by atoms with Crippen LogP contribution in [0.25, 0.3) is 0 Å². The molecule has 0 aliphatic rings. The third-order valence-corrected chi connectivity index (χ3v) is 13.3. The highest BCUT2D eigenvalue weighted by Crippen LogP contribution is 2.16. The summed E-state index contributed by atoms with van der Waals surface area (Å²) in [6, 6.07) is 0. The van der Waals surface area contributed by atoms with Gasteiger partial charge in [-0.05, 0) is 96.3 Å². The maximum atomic E-state index is 12.9. The summed E-state index contributed by atoms with van der Waals surface area (Å²) < 4.78 is 16.9. The molecule has 0 bridgehead atoms. The van der Waals surface area contributed by atoms with Gasteiger partial charge < -0.3 is 14.2 Å². The molecule has 0 rings (SSSR count). The number of rotatable bonds is 56. The van der Waals surface area contributed by atoms with Crippen LogP contribution in [0, 0.1) is 0 Å². The first kappa shape index (κ1) is 70.3. The fourth-order valence-electron chi connectivity index (χ4n) is 8.64. The summed E-state index contributed by atoms with van der Waals surface area (Å²) in [6.07, 6.45) is 82.6. The predicted octanol–water partition coefficient (Wildman–Crippen LogP) is 21.3. The molecule has 0 saturated heterocycles. The van der Waals surface area contributed by atoms with E-state index in [0.29, 0.717) is 19.3 Å². The Labute approximate surface area is 457 Å². The van der Waals surface area contributed by atoms with Gasteiger partial charge >= 0.3 is 17.9 Å². The molecule has 1 unspecified atom stereocenters. The number of carbonyl (C=O) groups is 3. The molecule has 0 N–H and O–H groups in total. The van der Waals surface area contributed by atoms with Crippen LogP contribution in [0.5, 0.6) is 0 Å². The molecule has 74 heavy (non-hydrogen) atoms. The Kier molecular flexibility index (Phi) is 58.8. The van der Waals surface area contributed by atoms with Crippen LogP contribution in [0.15, 0.2) is 97.2 Å². The van der Waals surface area contributed by atoms with Crippen molar-refractivity contribution in [1.82, 2.24) is 0 Å². The highest BCUT2D eigenvalue weighted by atomic mass is 16.6. The van der Waals surface area contributed by atoms with Crippen LogP contribution >= 0.6 is 0 Å². The number of allylic oxidation sites excluding steroid dienone is 16. The lowest BCUT2D eigenvalue weighted by atomic mass is 10.0. The normalized spacial score (nSPS) is 12.7. The molecule has 0 aromatic rings. The maximum Gasteiger partial charge on any atom is 0.306 e. The fourth-order valence-corrected chi connectivity index (χ4v) is 8.64. The molecule has 0 aliphatic carbocycles. The van der Waals surface area contributed by atoms with Gasteiger partial charge in [0.1, 0.15) is 13.2 Å². The molecule has 424 valence electrons. The Bertz CT molecular complexity index is 1460. The highest BCUT2D eigenvalue weighted by Gasteiger charge is 2.19. The van der Waals surface area contributed by atoms with E-state index in [9.17, 15) is 14.4 Å². The molecule has 0 saturated carbocycles. The number of unbranched alkanes of at least 4 members (excludes halogenated alkanes) is 29. The lowest BCUT2D eigenvalue weighted by Crippen LogP contribution is -2.30. The van der Waals surface area contributed by atoms with Crippen molar-refractivity contribution in [3.63, 3.8) is 0 Å². The Balaban J connectivity index is 4.38. The average Bonchev–Trinajstić information content (AvgIpc) is 3.40. The smallest absolute Gasteiger partial charge is 0.306 e. The molecule has 0 aliphatic heterocycles. The van der Waals surface area contributed by atoms with E-state index in [1.165, 1.54) is 122 Å². The van der Waals surface area contributed by atoms with E-state index in [2.05, 4.69) is 118 Å². The van der Waals surface area contributed by atoms with Gasteiger partial charge in [-0.15, -0.1) is 0 Å². The highest BCUT2D eigenvalue weighted by molar-refractivity contribution is 5.71. The Morgan fingerprint density at radius 2 is 0.541 bits per heavy atom. The molecule has 0 aromatic heterocycles. The van der Waals surface area contributed by atoms with Crippen LogP contribution in [0.4, 0.5) is 0 Å². The van der Waals surface area contributed by atoms with Gasteiger partial charge in [-0.1, -0.05) is 279 Å². The Morgan fingerprint density at radius 1 is 0.284 bits per heavy atom. The Morgan fingerprint density at radius 3 is 0.865 bits per heavy atom. The van der Waals surface area contributed by atoms with E-state index in [1.807, 2.05) is 0 Å². The van der Waals surface area contributed by atoms with Crippen molar-refractivity contribution in [2.75, 3.05) is 13.2 Å². The van der Waals surface area contributed by atoms with E-state index in [1.54, 1.807) is 0 Å². The quantitative estimate of drug-likeness (QED) is 0.0261. The number of hydrogen-bond acceptors (Lipinski definition) is 6. The molecule has 6 heteroatoms. The second-order valence-electron chi connectivity index (χ2n) is 20.6. The second kappa shape index (κ2) is 61.9. The molecule has 6 nitrogen and oxygen atoms in total. The van der Waals surface area contributed by atoms with Gasteiger partial charge in [-0.25, -0.2) is 0 Å². The van der Waals surface area contributed by atoms with Crippen LogP contribution in [0.1, 0.15) is 297 Å². The van der Waals surface area contributed by atoms with Crippen molar-refractivity contribution in [2.24, 2.45) is 0 Å². The van der Waals surface area contributed by atoms with Crippen LogP contribution in [-0.2, 0) is 28.6 Å². The van der Waals surface area contributed by atoms with Crippen molar-refractivity contribution in [2.45, 2.75) is 303 Å². The summed E-state index contributed by atoms with van der Waals surface area (Å²) in [7, 11) is 0. The topological polar surface area (TPSA) is 78.9 Å². The van der Waals surface area contributed by atoms with Crippen LogP contribution in [0.2, 0.25) is 0 Å². The zero-order valence-electron chi connectivity index (χ0n) is 48.6. The zero-order valence-corrected chi connectivity index (χ0v) is 48.6. The minimum Gasteiger partial charge on any atom is -0.462 e. The summed E-state index contributed by atoms with van der Waals surface area (Å²) >= 11 is 0. The largest absolute Gasteiger partial charge is 0.462 e. The van der Waals surface area contributed by atoms with Crippen LogP contribution < -0.4 is 0 Å². The summed E-state index contributed by atoms with van der Waals surface area (Å²) in [4.78, 5) is 38.3. The van der Waals surface area contributed by atoms with Gasteiger partial charge in [0, 0.05) is 19.3 Å². The Hall–Kier alpha value is -3.67. The third-order valence-electron chi connectivity index (χ3n) is 13.3. The SMILES string of the molecule is CC/C=C\C/C=C\C/C=C\C/C=C\C/C=C\C/C=C\CCCCCCCCC(=O)OCC(COC(=O)CCCCCCC/C=C\C/C=C\CCCC)OC(=O)CCCCCCCCCCCCCCCCCCC. The van der Waals surface area contributed by atoms with Crippen LogP contribution in [0.3, 0.4) is 0 Å². The van der Waals surface area contributed by atoms with E-state index in [0.717, 1.165) is 135 Å². The van der Waals surface area contributed by atoms with Crippen molar-refractivity contribution in [3.8, 4) is 0 Å². The fraction of sp³-hybridized carbons (Fsp3) is 0.721. The summed E-state index contributed by atoms with van der Waals surface area (Å²) in [5.41, 5.74) is 0. The second-order valence-corrected chi connectivity index (χ2v) is 20.6. The predicted molar refractivity (Wildman–Crippen MR) is 320 cm³/mol. The lowest BCUT2D eigenvalue weighted by molar-refractivity contribution is -0.167. The van der Waals surface area contributed by atoms with Crippen molar-refractivity contribution in [3.05, 3.63) is 97.2 Å². The molecule has 0 amide bonds. The van der Waals surface area contributed by atoms with Gasteiger partial charge in [0.15, 0.2) is 6.10 Å². The van der Waals surface area contributed by atoms with E-state index in [-0.39, 0.29) is 31.1 Å². The third kappa shape index (κ3) is 59.2. The van der Waals surface area contributed by atoms with E-state index < -0.39 is 6.10 Å². The first-order chi connectivity index (χ1) is 36.5. The maximum absolute atomic E-state index is 12.9. The van der Waals surface area contributed by atoms with Gasteiger partial charge in [0.2, 0.25) is 0 Å². The van der Waals surface area contributed by atoms with E-state index in [4.69, 9.17) is 14.2 Å². The van der Waals surface area contributed by atoms with Crippen molar-refractivity contribution in [1.29, 1.82) is 0 Å². The van der Waals surface area contributed by atoms with Gasteiger partial charge in [0.05, 0.1) is 0 Å². The molecule has 0 spiro atoms. The molecule has 0 radical (unpaired) electrons. The average molecular weight is 1030 g/mol. The first-order valence-electron chi connectivity index (χ1n) is 31.2. The molecule has 0 aromatic carbocycles. The molecule has 0 fully saturated rings.